The highest BCUT2D eigenvalue weighted by molar-refractivity contribution is 6.31. The first-order chi connectivity index (χ1) is 9.10. The molecule has 1 N–H and O–H groups in total. The van der Waals surface area contributed by atoms with E-state index in [0.29, 0.717) is 5.02 Å². The third-order valence-corrected chi connectivity index (χ3v) is 3.78. The molecule has 0 aliphatic carbocycles. The maximum Gasteiger partial charge on any atom is 0.321 e. The van der Waals surface area contributed by atoms with Crippen LogP contribution in [0.4, 0.5) is 10.5 Å². The highest BCUT2D eigenvalue weighted by Crippen LogP contribution is 2.20. The number of halogens is 1. The van der Waals surface area contributed by atoms with Crippen LogP contribution in [0.1, 0.15) is 12.5 Å². The second-order valence-corrected chi connectivity index (χ2v) is 5.25. The lowest BCUT2D eigenvalue weighted by molar-refractivity contribution is 0.151. The predicted octanol–water partition coefficient (Wildman–Crippen LogP) is 2.82. The zero-order valence-electron chi connectivity index (χ0n) is 11.4. The molecule has 0 saturated carbocycles. The number of likely N-dealkylation sites (N-methyl/N-ethyl adjacent to an activating group) is 1. The van der Waals surface area contributed by atoms with Crippen molar-refractivity contribution in [2.75, 3.05) is 38.0 Å². The van der Waals surface area contributed by atoms with Crippen molar-refractivity contribution in [2.45, 2.75) is 13.8 Å². The second-order valence-electron chi connectivity index (χ2n) is 4.81. The molecule has 0 bridgehead atoms. The number of rotatable bonds is 2. The van der Waals surface area contributed by atoms with Crippen molar-refractivity contribution in [3.05, 3.63) is 28.8 Å². The largest absolute Gasteiger partial charge is 0.322 e. The topological polar surface area (TPSA) is 35.6 Å². The Bertz CT molecular complexity index is 456. The van der Waals surface area contributed by atoms with Crippen molar-refractivity contribution in [3.8, 4) is 0 Å². The fourth-order valence-corrected chi connectivity index (χ4v) is 2.36. The molecule has 19 heavy (non-hydrogen) atoms. The van der Waals surface area contributed by atoms with Crippen LogP contribution in [0.25, 0.3) is 0 Å². The molecule has 0 unspecified atom stereocenters. The first kappa shape index (κ1) is 14.2. The average molecular weight is 282 g/mol. The average Bonchev–Trinajstić information content (AvgIpc) is 2.43. The van der Waals surface area contributed by atoms with Gasteiger partial charge >= 0.3 is 6.03 Å². The van der Waals surface area contributed by atoms with E-state index in [-0.39, 0.29) is 6.03 Å². The van der Waals surface area contributed by atoms with Crippen molar-refractivity contribution in [2.24, 2.45) is 0 Å². The molecule has 1 aliphatic rings. The second kappa shape index (κ2) is 6.26. The van der Waals surface area contributed by atoms with Gasteiger partial charge in [-0.3, -0.25) is 0 Å². The molecular formula is C14H20ClN3O. The summed E-state index contributed by atoms with van der Waals surface area (Å²) in [4.78, 5) is 16.4. The first-order valence-corrected chi connectivity index (χ1v) is 7.02. The van der Waals surface area contributed by atoms with E-state index in [2.05, 4.69) is 17.1 Å². The Labute approximate surface area is 119 Å². The van der Waals surface area contributed by atoms with Gasteiger partial charge in [-0.05, 0) is 31.2 Å². The molecule has 0 spiro atoms. The highest BCUT2D eigenvalue weighted by Gasteiger charge is 2.20. The van der Waals surface area contributed by atoms with Crippen molar-refractivity contribution in [1.82, 2.24) is 9.80 Å². The van der Waals surface area contributed by atoms with Gasteiger partial charge in [0.15, 0.2) is 0 Å². The Morgan fingerprint density at radius 3 is 2.63 bits per heavy atom. The van der Waals surface area contributed by atoms with Gasteiger partial charge < -0.3 is 15.1 Å². The number of anilines is 1. The summed E-state index contributed by atoms with van der Waals surface area (Å²) in [7, 11) is 0. The number of carbonyl (C=O) groups excluding carboxylic acids is 1. The molecule has 104 valence electrons. The smallest absolute Gasteiger partial charge is 0.321 e. The van der Waals surface area contributed by atoms with Crippen LogP contribution >= 0.6 is 11.6 Å². The molecule has 1 fully saturated rings. The number of carbonyl (C=O) groups is 1. The Kier molecular flexibility index (Phi) is 4.66. The molecule has 4 nitrogen and oxygen atoms in total. The predicted molar refractivity (Wildman–Crippen MR) is 78.9 cm³/mol. The minimum atomic E-state index is -0.0406. The summed E-state index contributed by atoms with van der Waals surface area (Å²) in [6, 6.07) is 5.48. The number of aryl methyl sites for hydroxylation is 1. The summed E-state index contributed by atoms with van der Waals surface area (Å²) in [6.07, 6.45) is 0. The Hall–Kier alpha value is -1.26. The Morgan fingerprint density at radius 1 is 1.32 bits per heavy atom. The number of nitrogens with one attached hydrogen (secondary N) is 1. The number of urea groups is 1. The third-order valence-electron chi connectivity index (χ3n) is 3.55. The molecule has 1 heterocycles. The highest BCUT2D eigenvalue weighted by atomic mass is 35.5. The van der Waals surface area contributed by atoms with Crippen LogP contribution in [0, 0.1) is 6.92 Å². The fourth-order valence-electron chi connectivity index (χ4n) is 2.19. The quantitative estimate of drug-likeness (QED) is 0.905. The Balaban J connectivity index is 1.96. The van der Waals surface area contributed by atoms with E-state index in [1.165, 1.54) is 0 Å². The van der Waals surface area contributed by atoms with Crippen LogP contribution in [0.2, 0.25) is 5.02 Å². The molecule has 5 heteroatoms. The van der Waals surface area contributed by atoms with Gasteiger partial charge in [0.05, 0.1) is 0 Å². The van der Waals surface area contributed by atoms with Gasteiger partial charge in [-0.2, -0.15) is 0 Å². The Morgan fingerprint density at radius 2 is 2.00 bits per heavy atom. The van der Waals surface area contributed by atoms with Crippen molar-refractivity contribution in [1.29, 1.82) is 0 Å². The van der Waals surface area contributed by atoms with Gasteiger partial charge in [-0.25, -0.2) is 4.79 Å². The number of amides is 2. The van der Waals surface area contributed by atoms with Gasteiger partial charge in [-0.15, -0.1) is 0 Å². The minimum absolute atomic E-state index is 0.0406. The summed E-state index contributed by atoms with van der Waals surface area (Å²) in [5, 5.41) is 3.57. The summed E-state index contributed by atoms with van der Waals surface area (Å²) in [6.45, 7) is 8.59. The van der Waals surface area contributed by atoms with Gasteiger partial charge in [0.2, 0.25) is 0 Å². The van der Waals surface area contributed by atoms with Crippen LogP contribution in [0.3, 0.4) is 0 Å². The lowest BCUT2D eigenvalue weighted by Gasteiger charge is -2.34. The van der Waals surface area contributed by atoms with E-state index in [4.69, 9.17) is 11.6 Å². The number of benzene rings is 1. The van der Waals surface area contributed by atoms with Crippen molar-refractivity contribution >= 4 is 23.3 Å². The van der Waals surface area contributed by atoms with E-state index in [1.807, 2.05) is 24.0 Å². The minimum Gasteiger partial charge on any atom is -0.322 e. The molecule has 0 radical (unpaired) electrons. The van der Waals surface area contributed by atoms with Crippen molar-refractivity contribution < 1.29 is 4.79 Å². The molecule has 2 amide bonds. The zero-order chi connectivity index (χ0) is 13.8. The monoisotopic (exact) mass is 281 g/mol. The van der Waals surface area contributed by atoms with E-state index in [1.54, 1.807) is 6.07 Å². The zero-order valence-corrected chi connectivity index (χ0v) is 12.2. The molecule has 0 aromatic heterocycles. The van der Waals surface area contributed by atoms with Crippen molar-refractivity contribution in [3.63, 3.8) is 0 Å². The number of nitrogens with zero attached hydrogens (tertiary/aromatic N) is 2. The molecule has 1 saturated heterocycles. The van der Waals surface area contributed by atoms with Crippen LogP contribution in [-0.4, -0.2) is 48.6 Å². The standard InChI is InChI=1S/C14H20ClN3O/c1-3-17-6-8-18(9-7-17)14(19)16-13-10-12(15)5-4-11(13)2/h4-5,10H,3,6-9H2,1-2H3,(H,16,19). The van der Waals surface area contributed by atoms with Crippen LogP contribution in [-0.2, 0) is 0 Å². The van der Waals surface area contributed by atoms with Gasteiger partial charge in [0.1, 0.15) is 0 Å². The number of hydrogen-bond donors (Lipinski definition) is 1. The lowest BCUT2D eigenvalue weighted by atomic mass is 10.2. The fraction of sp³-hybridized carbons (Fsp3) is 0.500. The number of piperazine rings is 1. The molecule has 1 aromatic carbocycles. The molecule has 1 aliphatic heterocycles. The molecular weight excluding hydrogens is 262 g/mol. The van der Waals surface area contributed by atoms with E-state index >= 15 is 0 Å². The lowest BCUT2D eigenvalue weighted by Crippen LogP contribution is -2.49. The van der Waals surface area contributed by atoms with E-state index in [0.717, 1.165) is 44.0 Å². The first-order valence-electron chi connectivity index (χ1n) is 6.64. The third kappa shape index (κ3) is 3.61. The number of hydrogen-bond acceptors (Lipinski definition) is 2. The summed E-state index contributed by atoms with van der Waals surface area (Å²) < 4.78 is 0. The van der Waals surface area contributed by atoms with Crippen LogP contribution in [0.15, 0.2) is 18.2 Å². The maximum atomic E-state index is 12.2. The van der Waals surface area contributed by atoms with Gasteiger partial charge in [-0.1, -0.05) is 24.6 Å². The summed E-state index contributed by atoms with van der Waals surface area (Å²) >= 11 is 5.95. The van der Waals surface area contributed by atoms with Gasteiger partial charge in [0.25, 0.3) is 0 Å². The normalized spacial score (nSPS) is 16.5. The molecule has 2 rings (SSSR count). The summed E-state index contributed by atoms with van der Waals surface area (Å²) in [5.74, 6) is 0. The van der Waals surface area contributed by atoms with E-state index in [9.17, 15) is 4.79 Å². The van der Waals surface area contributed by atoms with Crippen LogP contribution < -0.4 is 5.32 Å². The van der Waals surface area contributed by atoms with E-state index < -0.39 is 0 Å². The van der Waals surface area contributed by atoms with Gasteiger partial charge in [0, 0.05) is 36.9 Å². The molecule has 0 atom stereocenters. The maximum absolute atomic E-state index is 12.2. The summed E-state index contributed by atoms with van der Waals surface area (Å²) in [5.41, 5.74) is 1.81. The molecule has 1 aromatic rings. The SMILES string of the molecule is CCN1CCN(C(=O)Nc2cc(Cl)ccc2C)CC1. The van der Waals surface area contributed by atoms with Crippen LogP contribution in [0.5, 0.6) is 0 Å².